The van der Waals surface area contributed by atoms with Crippen LogP contribution in [0.4, 0.5) is 0 Å². The van der Waals surface area contributed by atoms with Gasteiger partial charge in [-0.1, -0.05) is 60.7 Å². The molecular formula is C20H19N7O3. The van der Waals surface area contributed by atoms with Crippen molar-refractivity contribution in [3.8, 4) is 11.4 Å². The third kappa shape index (κ3) is 5.83. The van der Waals surface area contributed by atoms with E-state index in [4.69, 9.17) is 0 Å². The molecule has 0 unspecified atom stereocenters. The molecule has 0 aliphatic rings. The minimum Gasteiger partial charge on any atom is -0.322 e. The van der Waals surface area contributed by atoms with E-state index in [1.807, 2.05) is 36.4 Å². The van der Waals surface area contributed by atoms with Crippen molar-refractivity contribution in [2.24, 2.45) is 0 Å². The lowest BCUT2D eigenvalue weighted by Gasteiger charge is -2.10. The van der Waals surface area contributed by atoms with E-state index >= 15 is 0 Å². The number of nitrogens with zero attached hydrogens (tertiary/aromatic N) is 4. The Bertz CT molecular complexity index is 1060. The van der Waals surface area contributed by atoms with Crippen LogP contribution in [0.5, 0.6) is 0 Å². The van der Waals surface area contributed by atoms with E-state index in [-0.39, 0.29) is 12.2 Å². The summed E-state index contributed by atoms with van der Waals surface area (Å²) >= 11 is 0. The maximum Gasteiger partial charge on any atom is 0.286 e. The number of amides is 3. The Labute approximate surface area is 171 Å². The van der Waals surface area contributed by atoms with Crippen molar-refractivity contribution in [3.05, 3.63) is 71.9 Å². The maximum absolute atomic E-state index is 12.4. The van der Waals surface area contributed by atoms with Gasteiger partial charge in [0, 0.05) is 12.5 Å². The van der Waals surface area contributed by atoms with Gasteiger partial charge in [-0.05, 0) is 16.9 Å². The van der Waals surface area contributed by atoms with Crippen molar-refractivity contribution in [3.63, 3.8) is 0 Å². The normalized spacial score (nSPS) is 10.9. The first-order valence-electron chi connectivity index (χ1n) is 8.98. The summed E-state index contributed by atoms with van der Waals surface area (Å²) in [7, 11) is 0. The third-order valence-electron chi connectivity index (χ3n) is 3.75. The molecule has 0 fully saturated rings. The topological polar surface area (TPSA) is 131 Å². The SMILES string of the molecule is CC(=O)N/C(=C\c1ccccc1)C(=O)NNC(=O)Cn1nnc(-c2ccccc2)n1. The highest BCUT2D eigenvalue weighted by Gasteiger charge is 2.14. The van der Waals surface area contributed by atoms with Crippen molar-refractivity contribution >= 4 is 23.8 Å². The van der Waals surface area contributed by atoms with Crippen LogP contribution in [0.3, 0.4) is 0 Å². The van der Waals surface area contributed by atoms with Crippen LogP contribution in [0.2, 0.25) is 0 Å². The average molecular weight is 405 g/mol. The van der Waals surface area contributed by atoms with Crippen LogP contribution in [0.25, 0.3) is 17.5 Å². The van der Waals surface area contributed by atoms with Gasteiger partial charge < -0.3 is 5.32 Å². The maximum atomic E-state index is 12.4. The Morgan fingerprint density at radius 2 is 1.63 bits per heavy atom. The summed E-state index contributed by atoms with van der Waals surface area (Å²) in [4.78, 5) is 37.0. The Morgan fingerprint density at radius 1 is 0.967 bits per heavy atom. The largest absolute Gasteiger partial charge is 0.322 e. The highest BCUT2D eigenvalue weighted by Crippen LogP contribution is 2.11. The van der Waals surface area contributed by atoms with Crippen molar-refractivity contribution in [2.45, 2.75) is 13.5 Å². The smallest absolute Gasteiger partial charge is 0.286 e. The number of tetrazole rings is 1. The molecule has 152 valence electrons. The molecule has 3 amide bonds. The second-order valence-corrected chi connectivity index (χ2v) is 6.16. The number of nitrogens with one attached hydrogen (secondary N) is 3. The Hall–Kier alpha value is -4.34. The Kier molecular flexibility index (Phi) is 6.62. The Balaban J connectivity index is 1.59. The van der Waals surface area contributed by atoms with Gasteiger partial charge in [0.05, 0.1) is 0 Å². The molecule has 1 heterocycles. The van der Waals surface area contributed by atoms with Gasteiger partial charge in [0.2, 0.25) is 11.7 Å². The molecule has 3 rings (SSSR count). The summed E-state index contributed by atoms with van der Waals surface area (Å²) in [5, 5.41) is 14.3. The van der Waals surface area contributed by atoms with Gasteiger partial charge in [0.1, 0.15) is 12.2 Å². The van der Waals surface area contributed by atoms with Gasteiger partial charge in [-0.25, -0.2) is 0 Å². The number of hydrazine groups is 1. The van der Waals surface area contributed by atoms with E-state index in [0.29, 0.717) is 11.4 Å². The number of hydrogen-bond acceptors (Lipinski definition) is 6. The number of aromatic nitrogens is 4. The number of benzene rings is 2. The van der Waals surface area contributed by atoms with Crippen LogP contribution in [-0.2, 0) is 20.9 Å². The minimum atomic E-state index is -0.682. The quantitative estimate of drug-likeness (QED) is 0.408. The van der Waals surface area contributed by atoms with Crippen molar-refractivity contribution in [1.29, 1.82) is 0 Å². The predicted molar refractivity (Wildman–Crippen MR) is 108 cm³/mol. The van der Waals surface area contributed by atoms with E-state index in [2.05, 4.69) is 31.6 Å². The van der Waals surface area contributed by atoms with Gasteiger partial charge >= 0.3 is 0 Å². The van der Waals surface area contributed by atoms with Crippen LogP contribution >= 0.6 is 0 Å². The predicted octanol–water partition coefficient (Wildman–Crippen LogP) is 0.665. The van der Waals surface area contributed by atoms with Crippen LogP contribution in [0.1, 0.15) is 12.5 Å². The molecule has 0 saturated carbocycles. The highest BCUT2D eigenvalue weighted by molar-refractivity contribution is 6.01. The first-order chi connectivity index (χ1) is 14.5. The zero-order chi connectivity index (χ0) is 21.3. The molecule has 0 radical (unpaired) electrons. The molecule has 0 bridgehead atoms. The molecule has 1 aromatic heterocycles. The lowest BCUT2D eigenvalue weighted by atomic mass is 10.2. The van der Waals surface area contributed by atoms with Gasteiger partial charge in [-0.3, -0.25) is 25.2 Å². The first-order valence-corrected chi connectivity index (χ1v) is 8.98. The molecule has 0 saturated heterocycles. The molecule has 0 atom stereocenters. The molecule has 30 heavy (non-hydrogen) atoms. The standard InChI is InChI=1S/C20H19N7O3/c1-14(28)21-17(12-15-8-4-2-5-9-15)20(30)24-22-18(29)13-27-25-19(23-26-27)16-10-6-3-7-11-16/h2-12H,13H2,1H3,(H,21,28)(H,22,29)(H,24,30)/b17-12-. The molecule has 2 aromatic carbocycles. The number of carbonyl (C=O) groups is 3. The first kappa shape index (κ1) is 20.4. The van der Waals surface area contributed by atoms with Crippen molar-refractivity contribution in [1.82, 2.24) is 36.4 Å². The zero-order valence-electron chi connectivity index (χ0n) is 16.1. The summed E-state index contributed by atoms with van der Waals surface area (Å²) in [6, 6.07) is 18.2. The number of rotatable bonds is 6. The molecule has 10 nitrogen and oxygen atoms in total. The molecule has 3 N–H and O–H groups in total. The number of carbonyl (C=O) groups excluding carboxylic acids is 3. The van der Waals surface area contributed by atoms with Gasteiger partial charge in [0.25, 0.3) is 11.8 Å². The second kappa shape index (κ2) is 9.73. The third-order valence-corrected chi connectivity index (χ3v) is 3.75. The second-order valence-electron chi connectivity index (χ2n) is 6.16. The van der Waals surface area contributed by atoms with E-state index < -0.39 is 17.7 Å². The summed E-state index contributed by atoms with van der Waals surface area (Å²) < 4.78 is 0. The minimum absolute atomic E-state index is 0.0146. The fraction of sp³-hybridized carbons (Fsp3) is 0.100. The van der Waals surface area contributed by atoms with E-state index in [0.717, 1.165) is 10.4 Å². The van der Waals surface area contributed by atoms with E-state index in [1.54, 1.807) is 24.3 Å². The lowest BCUT2D eigenvalue weighted by Crippen LogP contribution is -2.46. The van der Waals surface area contributed by atoms with Crippen molar-refractivity contribution in [2.75, 3.05) is 0 Å². The summed E-state index contributed by atoms with van der Waals surface area (Å²) in [6.45, 7) is 1.03. The van der Waals surface area contributed by atoms with E-state index in [1.165, 1.54) is 13.0 Å². The average Bonchev–Trinajstić information content (AvgIpc) is 3.21. The lowest BCUT2D eigenvalue weighted by molar-refractivity contribution is -0.128. The fourth-order valence-electron chi connectivity index (χ4n) is 2.44. The van der Waals surface area contributed by atoms with Gasteiger partial charge in [-0.2, -0.15) is 4.80 Å². The summed E-state index contributed by atoms with van der Waals surface area (Å²) in [6.07, 6.45) is 1.49. The molecule has 10 heteroatoms. The van der Waals surface area contributed by atoms with Crippen LogP contribution in [0, 0.1) is 0 Å². The zero-order valence-corrected chi connectivity index (χ0v) is 16.1. The molecule has 0 aliphatic heterocycles. The monoisotopic (exact) mass is 405 g/mol. The fourth-order valence-corrected chi connectivity index (χ4v) is 2.44. The molecule has 3 aromatic rings. The van der Waals surface area contributed by atoms with E-state index in [9.17, 15) is 14.4 Å². The van der Waals surface area contributed by atoms with Gasteiger partial charge in [0.15, 0.2) is 0 Å². The summed E-state index contributed by atoms with van der Waals surface area (Å²) in [5.41, 5.74) is 5.98. The number of hydrogen-bond donors (Lipinski definition) is 3. The van der Waals surface area contributed by atoms with Gasteiger partial charge in [-0.15, -0.1) is 10.2 Å². The van der Waals surface area contributed by atoms with Crippen LogP contribution in [-0.4, -0.2) is 37.9 Å². The van der Waals surface area contributed by atoms with Crippen LogP contribution < -0.4 is 16.2 Å². The van der Waals surface area contributed by atoms with Crippen LogP contribution in [0.15, 0.2) is 66.4 Å². The highest BCUT2D eigenvalue weighted by atomic mass is 16.2. The molecule has 0 spiro atoms. The Morgan fingerprint density at radius 3 is 2.30 bits per heavy atom. The van der Waals surface area contributed by atoms with Crippen molar-refractivity contribution < 1.29 is 14.4 Å². The molecular weight excluding hydrogens is 386 g/mol. The molecule has 0 aliphatic carbocycles. The summed E-state index contributed by atoms with van der Waals surface area (Å²) in [5.74, 6) is -1.29.